The molecule has 156 valence electrons. The maximum absolute atomic E-state index is 12.4. The first-order chi connectivity index (χ1) is 15.3. The Labute approximate surface area is 180 Å². The second-order valence-electron chi connectivity index (χ2n) is 6.82. The van der Waals surface area contributed by atoms with Crippen LogP contribution in [0.1, 0.15) is 16.2 Å². The van der Waals surface area contributed by atoms with Crippen LogP contribution in [0.3, 0.4) is 0 Å². The van der Waals surface area contributed by atoms with E-state index < -0.39 is 0 Å². The number of hydrogen-bond donors (Lipinski definition) is 4. The van der Waals surface area contributed by atoms with Gasteiger partial charge >= 0.3 is 0 Å². The van der Waals surface area contributed by atoms with Crippen LogP contribution in [0.5, 0.6) is 0 Å². The first-order valence-electron chi connectivity index (χ1n) is 10.0. The van der Waals surface area contributed by atoms with Crippen LogP contribution < -0.4 is 16.0 Å². The van der Waals surface area contributed by atoms with Crippen molar-refractivity contribution >= 4 is 17.3 Å². The number of para-hydroxylation sites is 1. The molecule has 0 fully saturated rings. The summed E-state index contributed by atoms with van der Waals surface area (Å²) in [4.78, 5) is 20.9. The molecule has 31 heavy (non-hydrogen) atoms. The molecule has 4 rings (SSSR count). The number of hydrogen-bond acceptors (Lipinski definition) is 6. The van der Waals surface area contributed by atoms with Gasteiger partial charge in [-0.2, -0.15) is 5.10 Å². The predicted molar refractivity (Wildman–Crippen MR) is 121 cm³/mol. The second-order valence-corrected chi connectivity index (χ2v) is 6.82. The van der Waals surface area contributed by atoms with Crippen LogP contribution in [-0.2, 0) is 6.54 Å². The molecule has 8 heteroatoms. The zero-order valence-electron chi connectivity index (χ0n) is 16.9. The Kier molecular flexibility index (Phi) is 6.49. The van der Waals surface area contributed by atoms with E-state index in [1.807, 2.05) is 60.7 Å². The number of rotatable bonds is 9. The highest BCUT2D eigenvalue weighted by molar-refractivity contribution is 5.95. The summed E-state index contributed by atoms with van der Waals surface area (Å²) in [7, 11) is 0. The molecular weight excluding hydrogens is 390 g/mol. The van der Waals surface area contributed by atoms with Crippen LogP contribution >= 0.6 is 0 Å². The largest absolute Gasteiger partial charge is 0.383 e. The van der Waals surface area contributed by atoms with Crippen molar-refractivity contribution < 1.29 is 4.79 Å². The summed E-state index contributed by atoms with van der Waals surface area (Å²) < 4.78 is 0. The van der Waals surface area contributed by atoms with Crippen LogP contribution in [-0.4, -0.2) is 39.2 Å². The van der Waals surface area contributed by atoms with E-state index in [0.717, 1.165) is 16.9 Å². The van der Waals surface area contributed by atoms with Gasteiger partial charge in [0.15, 0.2) is 5.82 Å². The number of anilines is 2. The molecule has 8 nitrogen and oxygen atoms in total. The Morgan fingerprint density at radius 1 is 0.871 bits per heavy atom. The number of nitrogens with zero attached hydrogens (tertiary/aromatic N) is 3. The normalized spacial score (nSPS) is 10.5. The summed E-state index contributed by atoms with van der Waals surface area (Å²) in [6, 6.07) is 21.0. The molecule has 1 amide bonds. The number of aromatic nitrogens is 4. The molecule has 0 aliphatic rings. The highest BCUT2D eigenvalue weighted by Gasteiger charge is 2.08. The monoisotopic (exact) mass is 413 g/mol. The first-order valence-corrected chi connectivity index (χ1v) is 10.0. The van der Waals surface area contributed by atoms with E-state index in [1.165, 1.54) is 0 Å². The van der Waals surface area contributed by atoms with Gasteiger partial charge in [0.2, 0.25) is 0 Å². The summed E-state index contributed by atoms with van der Waals surface area (Å²) >= 11 is 0. The van der Waals surface area contributed by atoms with Gasteiger partial charge in [-0.25, -0.2) is 4.98 Å². The fourth-order valence-corrected chi connectivity index (χ4v) is 3.00. The Morgan fingerprint density at radius 2 is 1.68 bits per heavy atom. The minimum atomic E-state index is -0.113. The standard InChI is InChI=1S/C23H23N7O/c31-23(26-14-13-25-19-6-2-1-3-7-19)18-5-4-8-20(15-18)27-16-21-28-22(30-29-21)17-9-11-24-12-10-17/h1-12,15,25,27H,13-14,16H2,(H,26,31)(H,28,29,30). The van der Waals surface area contributed by atoms with Gasteiger partial charge in [-0.3, -0.25) is 14.9 Å². The molecule has 0 saturated heterocycles. The summed E-state index contributed by atoms with van der Waals surface area (Å²) in [6.45, 7) is 1.64. The lowest BCUT2D eigenvalue weighted by Crippen LogP contribution is -2.28. The van der Waals surface area contributed by atoms with Crippen molar-refractivity contribution in [3.63, 3.8) is 0 Å². The molecule has 2 aromatic carbocycles. The predicted octanol–water partition coefficient (Wildman–Crippen LogP) is 3.32. The molecular formula is C23H23N7O. The molecule has 0 spiro atoms. The van der Waals surface area contributed by atoms with Crippen molar-refractivity contribution in [2.75, 3.05) is 23.7 Å². The van der Waals surface area contributed by atoms with E-state index in [4.69, 9.17) is 0 Å². The van der Waals surface area contributed by atoms with E-state index in [0.29, 0.717) is 36.8 Å². The number of nitrogens with one attached hydrogen (secondary N) is 4. The van der Waals surface area contributed by atoms with E-state index in [2.05, 4.69) is 36.1 Å². The second kappa shape index (κ2) is 10.0. The van der Waals surface area contributed by atoms with Crippen molar-refractivity contribution in [1.82, 2.24) is 25.5 Å². The van der Waals surface area contributed by atoms with Crippen LogP contribution in [0, 0.1) is 0 Å². The minimum Gasteiger partial charge on any atom is -0.383 e. The fourth-order valence-electron chi connectivity index (χ4n) is 3.00. The van der Waals surface area contributed by atoms with Gasteiger partial charge in [0.05, 0.1) is 6.54 Å². The van der Waals surface area contributed by atoms with E-state index in [9.17, 15) is 4.79 Å². The van der Waals surface area contributed by atoms with Crippen molar-refractivity contribution in [2.24, 2.45) is 0 Å². The van der Waals surface area contributed by atoms with Gasteiger partial charge in [0, 0.05) is 48.0 Å². The molecule has 4 N–H and O–H groups in total. The average Bonchev–Trinajstić information content (AvgIpc) is 3.31. The number of carbonyl (C=O) groups is 1. The van der Waals surface area contributed by atoms with E-state index in [1.54, 1.807) is 18.5 Å². The topological polar surface area (TPSA) is 108 Å². The summed E-state index contributed by atoms with van der Waals surface area (Å²) in [6.07, 6.45) is 3.41. The number of aromatic amines is 1. The quantitative estimate of drug-likeness (QED) is 0.314. The zero-order chi connectivity index (χ0) is 21.3. The van der Waals surface area contributed by atoms with Crippen molar-refractivity contribution in [3.8, 4) is 11.4 Å². The average molecular weight is 413 g/mol. The Balaban J connectivity index is 1.27. The number of pyridine rings is 1. The molecule has 0 aliphatic heterocycles. The van der Waals surface area contributed by atoms with E-state index in [-0.39, 0.29) is 5.91 Å². The molecule has 0 saturated carbocycles. The summed E-state index contributed by atoms with van der Waals surface area (Å²) in [5.41, 5.74) is 3.36. The molecule has 0 radical (unpaired) electrons. The van der Waals surface area contributed by atoms with Gasteiger partial charge in [-0.05, 0) is 42.5 Å². The number of benzene rings is 2. The van der Waals surface area contributed by atoms with Gasteiger partial charge in [-0.1, -0.05) is 24.3 Å². The van der Waals surface area contributed by atoms with Gasteiger partial charge in [0.25, 0.3) is 5.91 Å². The maximum Gasteiger partial charge on any atom is 0.251 e. The summed E-state index contributed by atoms with van der Waals surface area (Å²) in [5.74, 6) is 1.21. The van der Waals surface area contributed by atoms with E-state index >= 15 is 0 Å². The first kappa shape index (κ1) is 20.1. The number of H-pyrrole nitrogens is 1. The third kappa shape index (κ3) is 5.66. The third-order valence-electron chi connectivity index (χ3n) is 4.57. The fraction of sp³-hybridized carbons (Fsp3) is 0.130. The Bertz CT molecular complexity index is 1110. The Morgan fingerprint density at radius 3 is 2.52 bits per heavy atom. The molecule has 0 atom stereocenters. The lowest BCUT2D eigenvalue weighted by molar-refractivity contribution is 0.0955. The van der Waals surface area contributed by atoms with Gasteiger partial charge in [-0.15, -0.1) is 0 Å². The molecule has 0 unspecified atom stereocenters. The summed E-state index contributed by atoms with van der Waals surface area (Å²) in [5, 5.41) is 16.6. The van der Waals surface area contributed by atoms with Gasteiger partial charge < -0.3 is 16.0 Å². The minimum absolute atomic E-state index is 0.113. The van der Waals surface area contributed by atoms with Gasteiger partial charge in [0.1, 0.15) is 5.82 Å². The molecule has 0 bridgehead atoms. The van der Waals surface area contributed by atoms with Crippen LogP contribution in [0.25, 0.3) is 11.4 Å². The smallest absolute Gasteiger partial charge is 0.251 e. The zero-order valence-corrected chi connectivity index (χ0v) is 16.9. The highest BCUT2D eigenvalue weighted by atomic mass is 16.1. The lowest BCUT2D eigenvalue weighted by Gasteiger charge is -2.09. The third-order valence-corrected chi connectivity index (χ3v) is 4.57. The SMILES string of the molecule is O=C(NCCNc1ccccc1)c1cccc(NCc2nc(-c3ccncc3)n[nH]2)c1. The highest BCUT2D eigenvalue weighted by Crippen LogP contribution is 2.14. The lowest BCUT2D eigenvalue weighted by atomic mass is 10.2. The molecule has 2 heterocycles. The molecule has 4 aromatic rings. The van der Waals surface area contributed by atoms with Crippen LogP contribution in [0.15, 0.2) is 79.1 Å². The maximum atomic E-state index is 12.4. The number of carbonyl (C=O) groups excluding carboxylic acids is 1. The molecule has 2 aromatic heterocycles. The van der Waals surface area contributed by atoms with Crippen molar-refractivity contribution in [2.45, 2.75) is 6.54 Å². The Hall–Kier alpha value is -4.20. The van der Waals surface area contributed by atoms with Crippen LogP contribution in [0.4, 0.5) is 11.4 Å². The number of amides is 1. The molecule has 0 aliphatic carbocycles. The van der Waals surface area contributed by atoms with Crippen LogP contribution in [0.2, 0.25) is 0 Å². The van der Waals surface area contributed by atoms with Crippen molar-refractivity contribution in [1.29, 1.82) is 0 Å². The van der Waals surface area contributed by atoms with Crippen molar-refractivity contribution in [3.05, 3.63) is 90.5 Å².